The molecule has 1 heterocycles. The molecular weight excluding hydrogens is 302 g/mol. The summed E-state index contributed by atoms with van der Waals surface area (Å²) in [6.45, 7) is 0.890. The summed E-state index contributed by atoms with van der Waals surface area (Å²) in [5.74, 6) is 0. The molecule has 3 nitrogen and oxygen atoms in total. The van der Waals surface area contributed by atoms with Gasteiger partial charge in [0.05, 0.1) is 4.90 Å². The average Bonchev–Trinajstić information content (AvgIpc) is 2.51. The maximum Gasteiger partial charge on any atom is 0.200 e. The molecule has 0 saturated carbocycles. The smallest absolute Gasteiger partial charge is 0.200 e. The number of allylic oxidation sites excluding steroid dienone is 1. The Bertz CT molecular complexity index is 564. The standard InChI is InChI=1S/C12H14BrNO2S/c1-14-6-2-3-9-8-17(15,16)12-5-4-10(13)7-11(9)12/h4-5,7-8,14H,2-3,6H2,1H3. The summed E-state index contributed by atoms with van der Waals surface area (Å²) in [5, 5.41) is 4.46. The Morgan fingerprint density at radius 2 is 2.12 bits per heavy atom. The van der Waals surface area contributed by atoms with Crippen molar-refractivity contribution in [2.24, 2.45) is 0 Å². The minimum atomic E-state index is -3.21. The van der Waals surface area contributed by atoms with Crippen LogP contribution in [-0.2, 0) is 9.84 Å². The summed E-state index contributed by atoms with van der Waals surface area (Å²) in [6.07, 6.45) is 1.72. The quantitative estimate of drug-likeness (QED) is 0.869. The van der Waals surface area contributed by atoms with Gasteiger partial charge in [0.25, 0.3) is 0 Å². The Kier molecular flexibility index (Phi) is 3.70. The molecular formula is C12H14BrNO2S. The van der Waals surface area contributed by atoms with Crippen LogP contribution in [0.25, 0.3) is 5.57 Å². The number of hydrogen-bond acceptors (Lipinski definition) is 3. The van der Waals surface area contributed by atoms with Gasteiger partial charge in [-0.15, -0.1) is 0 Å². The Balaban J connectivity index is 2.34. The number of fused-ring (bicyclic) bond motifs is 1. The van der Waals surface area contributed by atoms with Gasteiger partial charge in [0.1, 0.15) is 0 Å². The number of rotatable bonds is 4. The van der Waals surface area contributed by atoms with Crippen LogP contribution in [0.2, 0.25) is 0 Å². The first-order chi connectivity index (χ1) is 8.04. The van der Waals surface area contributed by atoms with Crippen molar-refractivity contribution >= 4 is 31.3 Å². The van der Waals surface area contributed by atoms with Gasteiger partial charge >= 0.3 is 0 Å². The summed E-state index contributed by atoms with van der Waals surface area (Å²) in [7, 11) is -1.32. The van der Waals surface area contributed by atoms with Crippen LogP contribution >= 0.6 is 15.9 Å². The SMILES string of the molecule is CNCCCC1=CS(=O)(=O)c2ccc(Br)cc21. The Morgan fingerprint density at radius 1 is 1.35 bits per heavy atom. The zero-order valence-electron chi connectivity index (χ0n) is 9.53. The molecule has 5 heteroatoms. The highest BCUT2D eigenvalue weighted by Crippen LogP contribution is 2.37. The lowest BCUT2D eigenvalue weighted by Crippen LogP contribution is -2.07. The van der Waals surface area contributed by atoms with E-state index in [0.717, 1.165) is 35.0 Å². The van der Waals surface area contributed by atoms with Gasteiger partial charge in [-0.05, 0) is 55.8 Å². The van der Waals surface area contributed by atoms with Gasteiger partial charge in [0, 0.05) is 9.88 Å². The maximum atomic E-state index is 11.9. The Labute approximate surface area is 110 Å². The molecule has 0 aliphatic carbocycles. The van der Waals surface area contributed by atoms with E-state index >= 15 is 0 Å². The molecule has 0 fully saturated rings. The highest BCUT2D eigenvalue weighted by Gasteiger charge is 2.26. The van der Waals surface area contributed by atoms with Crippen molar-refractivity contribution in [3.8, 4) is 0 Å². The largest absolute Gasteiger partial charge is 0.320 e. The lowest BCUT2D eigenvalue weighted by molar-refractivity contribution is 0.605. The van der Waals surface area contributed by atoms with E-state index in [9.17, 15) is 8.42 Å². The van der Waals surface area contributed by atoms with Crippen molar-refractivity contribution in [3.63, 3.8) is 0 Å². The second kappa shape index (κ2) is 4.92. The zero-order valence-corrected chi connectivity index (χ0v) is 11.9. The molecule has 92 valence electrons. The van der Waals surface area contributed by atoms with Gasteiger partial charge in [0.15, 0.2) is 0 Å². The monoisotopic (exact) mass is 315 g/mol. The van der Waals surface area contributed by atoms with Crippen LogP contribution < -0.4 is 5.32 Å². The predicted molar refractivity (Wildman–Crippen MR) is 72.5 cm³/mol. The minimum absolute atomic E-state index is 0.431. The third-order valence-corrected chi connectivity index (χ3v) is 4.82. The van der Waals surface area contributed by atoms with Crippen molar-refractivity contribution in [1.29, 1.82) is 0 Å². The molecule has 0 radical (unpaired) electrons. The van der Waals surface area contributed by atoms with Gasteiger partial charge in [-0.1, -0.05) is 15.9 Å². The van der Waals surface area contributed by atoms with E-state index in [4.69, 9.17) is 0 Å². The van der Waals surface area contributed by atoms with Crippen LogP contribution in [0.5, 0.6) is 0 Å². The van der Waals surface area contributed by atoms with Crippen LogP contribution in [-0.4, -0.2) is 22.0 Å². The molecule has 0 saturated heterocycles. The highest BCUT2D eigenvalue weighted by atomic mass is 79.9. The number of benzene rings is 1. The lowest BCUT2D eigenvalue weighted by atomic mass is 10.0. The molecule has 1 aromatic carbocycles. The summed E-state index contributed by atoms with van der Waals surface area (Å²) < 4.78 is 24.7. The number of sulfone groups is 1. The van der Waals surface area contributed by atoms with E-state index in [1.807, 2.05) is 13.1 Å². The molecule has 1 aromatic rings. The van der Waals surface area contributed by atoms with Crippen molar-refractivity contribution in [3.05, 3.63) is 33.6 Å². The fraction of sp³-hybridized carbons (Fsp3) is 0.333. The molecule has 1 N–H and O–H groups in total. The average molecular weight is 316 g/mol. The van der Waals surface area contributed by atoms with E-state index in [2.05, 4.69) is 21.2 Å². The van der Waals surface area contributed by atoms with E-state index in [1.54, 1.807) is 12.1 Å². The first-order valence-corrected chi connectivity index (χ1v) is 7.79. The minimum Gasteiger partial charge on any atom is -0.320 e. The molecule has 0 spiro atoms. The Morgan fingerprint density at radius 3 is 2.82 bits per heavy atom. The molecule has 1 aliphatic heterocycles. The molecule has 2 rings (SSSR count). The zero-order chi connectivity index (χ0) is 12.5. The Hall–Kier alpha value is -0.650. The molecule has 0 unspecified atom stereocenters. The van der Waals surface area contributed by atoms with Crippen molar-refractivity contribution in [2.75, 3.05) is 13.6 Å². The molecule has 0 amide bonds. The summed E-state index contributed by atoms with van der Waals surface area (Å²) >= 11 is 3.38. The summed E-state index contributed by atoms with van der Waals surface area (Å²) in [4.78, 5) is 0.431. The predicted octanol–water partition coefficient (Wildman–Crippen LogP) is 2.58. The van der Waals surface area contributed by atoms with Crippen LogP contribution in [0, 0.1) is 0 Å². The van der Waals surface area contributed by atoms with E-state index in [-0.39, 0.29) is 0 Å². The van der Waals surface area contributed by atoms with Crippen LogP contribution in [0.3, 0.4) is 0 Å². The van der Waals surface area contributed by atoms with Crippen molar-refractivity contribution < 1.29 is 8.42 Å². The number of nitrogens with one attached hydrogen (secondary N) is 1. The molecule has 0 bridgehead atoms. The fourth-order valence-corrected chi connectivity index (χ4v) is 3.83. The number of halogens is 1. The maximum absolute atomic E-state index is 11.9. The van der Waals surface area contributed by atoms with Gasteiger partial charge in [-0.3, -0.25) is 0 Å². The van der Waals surface area contributed by atoms with Gasteiger partial charge in [0.2, 0.25) is 9.84 Å². The summed E-state index contributed by atoms with van der Waals surface area (Å²) in [5.41, 5.74) is 1.76. The lowest BCUT2D eigenvalue weighted by Gasteiger charge is -2.04. The van der Waals surface area contributed by atoms with E-state index < -0.39 is 9.84 Å². The van der Waals surface area contributed by atoms with Gasteiger partial charge < -0.3 is 5.32 Å². The van der Waals surface area contributed by atoms with Crippen LogP contribution in [0.4, 0.5) is 0 Å². The molecule has 1 aliphatic rings. The first-order valence-electron chi connectivity index (χ1n) is 5.45. The van der Waals surface area contributed by atoms with Crippen molar-refractivity contribution in [1.82, 2.24) is 5.32 Å². The van der Waals surface area contributed by atoms with Crippen LogP contribution in [0.1, 0.15) is 18.4 Å². The third-order valence-electron chi connectivity index (χ3n) is 2.76. The number of hydrogen-bond donors (Lipinski definition) is 1. The third kappa shape index (κ3) is 2.61. The van der Waals surface area contributed by atoms with Gasteiger partial charge in [-0.25, -0.2) is 8.42 Å². The van der Waals surface area contributed by atoms with E-state index in [0.29, 0.717) is 4.90 Å². The van der Waals surface area contributed by atoms with Gasteiger partial charge in [-0.2, -0.15) is 0 Å². The van der Waals surface area contributed by atoms with Crippen LogP contribution in [0.15, 0.2) is 33.0 Å². The van der Waals surface area contributed by atoms with Crippen molar-refractivity contribution in [2.45, 2.75) is 17.7 Å². The highest BCUT2D eigenvalue weighted by molar-refractivity contribution is 9.10. The topological polar surface area (TPSA) is 46.2 Å². The van der Waals surface area contributed by atoms with E-state index in [1.165, 1.54) is 5.41 Å². The molecule has 0 atom stereocenters. The first kappa shape index (κ1) is 12.8. The normalized spacial score (nSPS) is 16.7. The second-order valence-corrected chi connectivity index (χ2v) is 6.72. The summed E-state index contributed by atoms with van der Waals surface area (Å²) in [6, 6.07) is 5.31. The molecule has 0 aromatic heterocycles. The second-order valence-electron chi connectivity index (χ2n) is 4.04. The molecule has 17 heavy (non-hydrogen) atoms. The fourth-order valence-electron chi connectivity index (χ4n) is 1.96.